The summed E-state index contributed by atoms with van der Waals surface area (Å²) in [7, 11) is 0. The molecular weight excluding hydrogens is 248 g/mol. The Kier molecular flexibility index (Phi) is 4.47. The summed E-state index contributed by atoms with van der Waals surface area (Å²) >= 11 is 0. The fourth-order valence-corrected chi connectivity index (χ4v) is 1.88. The zero-order valence-corrected chi connectivity index (χ0v) is 10.3. The number of hydrogen-bond acceptors (Lipinski definition) is 2. The van der Waals surface area contributed by atoms with Gasteiger partial charge in [0.05, 0.1) is 0 Å². The van der Waals surface area contributed by atoms with Crippen molar-refractivity contribution in [2.75, 3.05) is 0 Å². The van der Waals surface area contributed by atoms with Gasteiger partial charge in [0.25, 0.3) is 0 Å². The molecule has 2 nitrogen and oxygen atoms in total. The van der Waals surface area contributed by atoms with Gasteiger partial charge in [0.1, 0.15) is 5.75 Å². The summed E-state index contributed by atoms with van der Waals surface area (Å²) in [6.07, 6.45) is 0.704. The number of rotatable bonds is 5. The number of benzene rings is 2. The highest BCUT2D eigenvalue weighted by Gasteiger charge is 2.08. The van der Waals surface area contributed by atoms with Gasteiger partial charge in [-0.05, 0) is 29.7 Å². The SMILES string of the molecule is N[C@H](Cc1ccccc1)c1ccc(OC(F)F)cc1. The van der Waals surface area contributed by atoms with E-state index in [9.17, 15) is 8.78 Å². The predicted octanol–water partition coefficient (Wildman–Crippen LogP) is 3.53. The Morgan fingerprint density at radius 3 is 2.16 bits per heavy atom. The molecule has 1 atom stereocenters. The van der Waals surface area contributed by atoms with Crippen molar-refractivity contribution in [1.29, 1.82) is 0 Å². The van der Waals surface area contributed by atoms with Crippen LogP contribution in [0.4, 0.5) is 8.78 Å². The van der Waals surface area contributed by atoms with Gasteiger partial charge in [0, 0.05) is 6.04 Å². The van der Waals surface area contributed by atoms with Crippen molar-refractivity contribution in [3.8, 4) is 5.75 Å². The van der Waals surface area contributed by atoms with Crippen molar-refractivity contribution in [3.63, 3.8) is 0 Å². The van der Waals surface area contributed by atoms with Crippen LogP contribution < -0.4 is 10.5 Å². The van der Waals surface area contributed by atoms with Crippen LogP contribution in [-0.4, -0.2) is 6.61 Å². The summed E-state index contributed by atoms with van der Waals surface area (Å²) in [6.45, 7) is -2.80. The van der Waals surface area contributed by atoms with E-state index in [1.54, 1.807) is 12.1 Å². The van der Waals surface area contributed by atoms with E-state index in [1.807, 2.05) is 30.3 Å². The average Bonchev–Trinajstić information content (AvgIpc) is 2.40. The van der Waals surface area contributed by atoms with Crippen molar-refractivity contribution in [1.82, 2.24) is 0 Å². The molecule has 2 rings (SSSR count). The molecule has 0 saturated heterocycles. The number of alkyl halides is 2. The fourth-order valence-electron chi connectivity index (χ4n) is 1.88. The zero-order valence-electron chi connectivity index (χ0n) is 10.3. The summed E-state index contributed by atoms with van der Waals surface area (Å²) in [4.78, 5) is 0. The van der Waals surface area contributed by atoms with Crippen LogP contribution in [0.2, 0.25) is 0 Å². The van der Waals surface area contributed by atoms with Crippen LogP contribution in [0.1, 0.15) is 17.2 Å². The van der Waals surface area contributed by atoms with Gasteiger partial charge >= 0.3 is 6.61 Å². The minimum absolute atomic E-state index is 0.144. The fraction of sp³-hybridized carbons (Fsp3) is 0.200. The Balaban J connectivity index is 2.01. The molecule has 100 valence electrons. The molecule has 4 heteroatoms. The van der Waals surface area contributed by atoms with Crippen molar-refractivity contribution < 1.29 is 13.5 Å². The molecule has 0 amide bonds. The second-order valence-electron chi connectivity index (χ2n) is 4.24. The van der Waals surface area contributed by atoms with Crippen LogP contribution >= 0.6 is 0 Å². The summed E-state index contributed by atoms with van der Waals surface area (Å²) in [5.41, 5.74) is 8.12. The molecule has 0 unspecified atom stereocenters. The van der Waals surface area contributed by atoms with Gasteiger partial charge in [-0.1, -0.05) is 42.5 Å². The minimum Gasteiger partial charge on any atom is -0.435 e. The number of hydrogen-bond donors (Lipinski definition) is 1. The van der Waals surface area contributed by atoms with E-state index in [0.717, 1.165) is 11.1 Å². The van der Waals surface area contributed by atoms with Crippen LogP contribution in [0.3, 0.4) is 0 Å². The summed E-state index contributed by atoms with van der Waals surface area (Å²) in [6, 6.07) is 16.2. The molecule has 0 aliphatic carbocycles. The van der Waals surface area contributed by atoms with Crippen molar-refractivity contribution >= 4 is 0 Å². The largest absolute Gasteiger partial charge is 0.435 e. The second kappa shape index (κ2) is 6.29. The number of halogens is 2. The van der Waals surface area contributed by atoms with E-state index < -0.39 is 6.61 Å². The Morgan fingerprint density at radius 2 is 1.58 bits per heavy atom. The lowest BCUT2D eigenvalue weighted by Crippen LogP contribution is -2.13. The standard InChI is InChI=1S/C15H15F2NO/c16-15(17)19-13-8-6-12(7-9-13)14(18)10-11-4-2-1-3-5-11/h1-9,14-15H,10,18H2/t14-/m1/s1. The molecule has 0 aromatic heterocycles. The molecule has 0 saturated carbocycles. The van der Waals surface area contributed by atoms with E-state index >= 15 is 0 Å². The van der Waals surface area contributed by atoms with E-state index in [4.69, 9.17) is 5.73 Å². The van der Waals surface area contributed by atoms with E-state index in [0.29, 0.717) is 6.42 Å². The van der Waals surface area contributed by atoms with Crippen molar-refractivity contribution in [2.24, 2.45) is 5.73 Å². The second-order valence-corrected chi connectivity index (χ2v) is 4.24. The molecule has 0 aliphatic rings. The first-order chi connectivity index (χ1) is 9.15. The van der Waals surface area contributed by atoms with Gasteiger partial charge in [0.2, 0.25) is 0 Å². The monoisotopic (exact) mass is 263 g/mol. The van der Waals surface area contributed by atoms with Crippen LogP contribution in [0, 0.1) is 0 Å². The normalized spacial score (nSPS) is 12.4. The molecule has 2 aromatic carbocycles. The molecule has 19 heavy (non-hydrogen) atoms. The first-order valence-electron chi connectivity index (χ1n) is 5.99. The predicted molar refractivity (Wildman–Crippen MR) is 70.1 cm³/mol. The van der Waals surface area contributed by atoms with Gasteiger partial charge in [-0.15, -0.1) is 0 Å². The van der Waals surface area contributed by atoms with Gasteiger partial charge in [-0.2, -0.15) is 8.78 Å². The topological polar surface area (TPSA) is 35.2 Å². The molecule has 0 aliphatic heterocycles. The lowest BCUT2D eigenvalue weighted by molar-refractivity contribution is -0.0498. The first kappa shape index (κ1) is 13.5. The molecule has 2 aromatic rings. The maximum atomic E-state index is 12.0. The molecule has 0 heterocycles. The van der Waals surface area contributed by atoms with Crippen LogP contribution in [0.5, 0.6) is 5.75 Å². The van der Waals surface area contributed by atoms with Crippen molar-refractivity contribution in [3.05, 3.63) is 65.7 Å². The van der Waals surface area contributed by atoms with E-state index in [1.165, 1.54) is 12.1 Å². The Morgan fingerprint density at radius 1 is 0.947 bits per heavy atom. The van der Waals surface area contributed by atoms with Gasteiger partial charge in [-0.3, -0.25) is 0 Å². The molecular formula is C15H15F2NO. The number of ether oxygens (including phenoxy) is 1. The third-order valence-electron chi connectivity index (χ3n) is 2.83. The van der Waals surface area contributed by atoms with Gasteiger partial charge in [0.15, 0.2) is 0 Å². The lowest BCUT2D eigenvalue weighted by Gasteiger charge is -2.13. The van der Waals surface area contributed by atoms with Crippen LogP contribution in [-0.2, 0) is 6.42 Å². The highest BCUT2D eigenvalue weighted by Crippen LogP contribution is 2.20. The average molecular weight is 263 g/mol. The third-order valence-corrected chi connectivity index (χ3v) is 2.83. The Hall–Kier alpha value is -1.94. The Labute approximate surface area is 110 Å². The zero-order chi connectivity index (χ0) is 13.7. The lowest BCUT2D eigenvalue weighted by atomic mass is 10.00. The smallest absolute Gasteiger partial charge is 0.387 e. The maximum absolute atomic E-state index is 12.0. The number of nitrogens with two attached hydrogens (primary N) is 1. The molecule has 0 radical (unpaired) electrons. The quantitative estimate of drug-likeness (QED) is 0.895. The van der Waals surface area contributed by atoms with E-state index in [2.05, 4.69) is 4.74 Å². The molecule has 0 spiro atoms. The molecule has 0 bridgehead atoms. The Bertz CT molecular complexity index is 499. The van der Waals surface area contributed by atoms with Gasteiger partial charge in [-0.25, -0.2) is 0 Å². The summed E-state index contributed by atoms with van der Waals surface area (Å²) in [5.74, 6) is 0.144. The third kappa shape index (κ3) is 4.03. The van der Waals surface area contributed by atoms with E-state index in [-0.39, 0.29) is 11.8 Å². The molecule has 0 fully saturated rings. The van der Waals surface area contributed by atoms with Crippen molar-refractivity contribution in [2.45, 2.75) is 19.1 Å². The minimum atomic E-state index is -2.80. The summed E-state index contributed by atoms with van der Waals surface area (Å²) < 4.78 is 28.3. The van der Waals surface area contributed by atoms with Crippen LogP contribution in [0.15, 0.2) is 54.6 Å². The first-order valence-corrected chi connectivity index (χ1v) is 5.99. The highest BCUT2D eigenvalue weighted by molar-refractivity contribution is 5.30. The molecule has 2 N–H and O–H groups in total. The maximum Gasteiger partial charge on any atom is 0.387 e. The van der Waals surface area contributed by atoms with Gasteiger partial charge < -0.3 is 10.5 Å². The highest BCUT2D eigenvalue weighted by atomic mass is 19.3. The summed E-state index contributed by atoms with van der Waals surface area (Å²) in [5, 5.41) is 0. The van der Waals surface area contributed by atoms with Crippen LogP contribution in [0.25, 0.3) is 0 Å².